The molecule has 0 amide bonds. The molecule has 2 heterocycles. The van der Waals surface area contributed by atoms with Crippen LogP contribution in [0.25, 0.3) is 11.4 Å². The van der Waals surface area contributed by atoms with Gasteiger partial charge < -0.3 is 10.3 Å². The Labute approximate surface area is 155 Å². The van der Waals surface area contributed by atoms with Crippen LogP contribution in [-0.2, 0) is 5.54 Å². The van der Waals surface area contributed by atoms with E-state index in [4.69, 9.17) is 21.9 Å². The van der Waals surface area contributed by atoms with Gasteiger partial charge in [-0.15, -0.1) is 10.2 Å². The lowest BCUT2D eigenvalue weighted by molar-refractivity contribution is 0.297. The standard InChI is InChI=1S/C17H20ClN7O/c1-2-13(15-20-16(23-26-15)17(19)9-3-4-10-17)25-22-14(21-24-25)11-5-7-12(18)8-6-11/h5-8,13H,2-4,9-10,19H2,1H3. The SMILES string of the molecule is CCC(c1nc(C2(N)CCCC2)no1)n1nnc(-c2ccc(Cl)cc2)n1. The van der Waals surface area contributed by atoms with Gasteiger partial charge in [0, 0.05) is 10.6 Å². The van der Waals surface area contributed by atoms with E-state index in [-0.39, 0.29) is 6.04 Å². The normalized spacial score (nSPS) is 17.5. The molecule has 4 rings (SSSR count). The van der Waals surface area contributed by atoms with Crippen molar-refractivity contribution < 1.29 is 4.52 Å². The highest BCUT2D eigenvalue weighted by atomic mass is 35.5. The van der Waals surface area contributed by atoms with Crippen molar-refractivity contribution in [3.8, 4) is 11.4 Å². The van der Waals surface area contributed by atoms with Crippen LogP contribution in [0.5, 0.6) is 0 Å². The Balaban J connectivity index is 1.60. The first-order valence-electron chi connectivity index (χ1n) is 8.77. The Morgan fingerprint density at radius 1 is 1.27 bits per heavy atom. The van der Waals surface area contributed by atoms with E-state index in [9.17, 15) is 0 Å². The number of aromatic nitrogens is 6. The first-order chi connectivity index (χ1) is 12.6. The van der Waals surface area contributed by atoms with Crippen LogP contribution in [-0.4, -0.2) is 30.3 Å². The maximum Gasteiger partial charge on any atom is 0.253 e. The molecular weight excluding hydrogens is 354 g/mol. The zero-order chi connectivity index (χ0) is 18.1. The summed E-state index contributed by atoms with van der Waals surface area (Å²) in [7, 11) is 0. The maximum atomic E-state index is 6.42. The van der Waals surface area contributed by atoms with Crippen LogP contribution in [0.15, 0.2) is 28.8 Å². The van der Waals surface area contributed by atoms with Crippen LogP contribution in [0.4, 0.5) is 0 Å². The minimum Gasteiger partial charge on any atom is -0.337 e. The largest absolute Gasteiger partial charge is 0.337 e. The van der Waals surface area contributed by atoms with Gasteiger partial charge in [-0.25, -0.2) is 0 Å². The molecule has 1 unspecified atom stereocenters. The highest BCUT2D eigenvalue weighted by Crippen LogP contribution is 2.35. The van der Waals surface area contributed by atoms with Gasteiger partial charge in [-0.05, 0) is 48.7 Å². The van der Waals surface area contributed by atoms with Gasteiger partial charge in [0.1, 0.15) is 0 Å². The van der Waals surface area contributed by atoms with Gasteiger partial charge in [-0.1, -0.05) is 36.5 Å². The lowest BCUT2D eigenvalue weighted by atomic mass is 9.99. The van der Waals surface area contributed by atoms with Crippen LogP contribution < -0.4 is 5.73 Å². The van der Waals surface area contributed by atoms with E-state index in [0.717, 1.165) is 31.2 Å². The zero-order valence-electron chi connectivity index (χ0n) is 14.5. The molecule has 0 saturated heterocycles. The van der Waals surface area contributed by atoms with Crippen molar-refractivity contribution in [2.45, 2.75) is 50.6 Å². The molecule has 0 aliphatic heterocycles. The Morgan fingerprint density at radius 3 is 2.69 bits per heavy atom. The molecule has 3 aromatic rings. The molecule has 1 aliphatic rings. The molecule has 9 heteroatoms. The fourth-order valence-electron chi connectivity index (χ4n) is 3.31. The summed E-state index contributed by atoms with van der Waals surface area (Å²) in [6, 6.07) is 7.01. The summed E-state index contributed by atoms with van der Waals surface area (Å²) < 4.78 is 5.49. The molecule has 1 fully saturated rings. The first-order valence-corrected chi connectivity index (χ1v) is 9.15. The molecule has 1 aromatic carbocycles. The predicted octanol–water partition coefficient (Wildman–Crippen LogP) is 3.10. The number of rotatable bonds is 5. The third-order valence-electron chi connectivity index (χ3n) is 4.86. The number of tetrazole rings is 1. The number of halogens is 1. The van der Waals surface area contributed by atoms with E-state index in [2.05, 4.69) is 25.6 Å². The van der Waals surface area contributed by atoms with Gasteiger partial charge >= 0.3 is 0 Å². The second-order valence-electron chi connectivity index (χ2n) is 6.68. The second kappa shape index (κ2) is 6.77. The third-order valence-corrected chi connectivity index (χ3v) is 5.12. The van der Waals surface area contributed by atoms with E-state index < -0.39 is 5.54 Å². The fourth-order valence-corrected chi connectivity index (χ4v) is 3.44. The molecule has 0 radical (unpaired) electrons. The van der Waals surface area contributed by atoms with Crippen molar-refractivity contribution in [2.75, 3.05) is 0 Å². The summed E-state index contributed by atoms with van der Waals surface area (Å²) in [4.78, 5) is 6.07. The van der Waals surface area contributed by atoms with E-state index in [1.54, 1.807) is 12.1 Å². The molecule has 2 aromatic heterocycles. The molecule has 1 aliphatic carbocycles. The van der Waals surface area contributed by atoms with Crippen molar-refractivity contribution >= 4 is 11.6 Å². The first kappa shape index (κ1) is 17.1. The quantitative estimate of drug-likeness (QED) is 0.731. The lowest BCUT2D eigenvalue weighted by Crippen LogP contribution is -2.34. The maximum absolute atomic E-state index is 6.42. The minimum atomic E-state index is -0.482. The van der Waals surface area contributed by atoms with Crippen LogP contribution in [0.2, 0.25) is 5.02 Å². The van der Waals surface area contributed by atoms with Gasteiger partial charge in [-0.3, -0.25) is 0 Å². The van der Waals surface area contributed by atoms with Crippen molar-refractivity contribution in [3.05, 3.63) is 41.0 Å². The number of hydrogen-bond acceptors (Lipinski definition) is 7. The molecule has 136 valence electrons. The Kier molecular flexibility index (Phi) is 4.46. The topological polar surface area (TPSA) is 109 Å². The van der Waals surface area contributed by atoms with Gasteiger partial charge in [0.2, 0.25) is 5.82 Å². The van der Waals surface area contributed by atoms with Crippen LogP contribution >= 0.6 is 11.6 Å². The number of nitrogens with two attached hydrogens (primary N) is 1. The Hall–Kier alpha value is -2.32. The molecule has 8 nitrogen and oxygen atoms in total. The average molecular weight is 374 g/mol. The van der Waals surface area contributed by atoms with Crippen molar-refractivity contribution in [1.29, 1.82) is 0 Å². The predicted molar refractivity (Wildman–Crippen MR) is 95.3 cm³/mol. The second-order valence-corrected chi connectivity index (χ2v) is 7.12. The minimum absolute atomic E-state index is 0.283. The third kappa shape index (κ3) is 3.10. The number of benzene rings is 1. The van der Waals surface area contributed by atoms with Crippen LogP contribution in [0.3, 0.4) is 0 Å². The van der Waals surface area contributed by atoms with Gasteiger partial charge in [0.15, 0.2) is 11.9 Å². The smallest absolute Gasteiger partial charge is 0.253 e. The molecule has 26 heavy (non-hydrogen) atoms. The summed E-state index contributed by atoms with van der Waals surface area (Å²) in [6.07, 6.45) is 4.63. The highest BCUT2D eigenvalue weighted by molar-refractivity contribution is 6.30. The van der Waals surface area contributed by atoms with E-state index in [1.165, 1.54) is 4.80 Å². The molecule has 0 bridgehead atoms. The van der Waals surface area contributed by atoms with Crippen LogP contribution in [0, 0.1) is 0 Å². The molecule has 1 atom stereocenters. The summed E-state index contributed by atoms with van der Waals surface area (Å²) in [6.45, 7) is 2.01. The van der Waals surface area contributed by atoms with E-state index in [0.29, 0.717) is 29.0 Å². The average Bonchev–Trinajstić information content (AvgIpc) is 3.38. The van der Waals surface area contributed by atoms with Gasteiger partial charge in [0.05, 0.1) is 5.54 Å². The van der Waals surface area contributed by atoms with Gasteiger partial charge in [0.25, 0.3) is 5.89 Å². The van der Waals surface area contributed by atoms with Crippen molar-refractivity contribution in [3.63, 3.8) is 0 Å². The summed E-state index contributed by atoms with van der Waals surface area (Å²) in [5.74, 6) is 1.55. The zero-order valence-corrected chi connectivity index (χ0v) is 15.2. The van der Waals surface area contributed by atoms with E-state index in [1.807, 2.05) is 19.1 Å². The molecule has 0 spiro atoms. The number of hydrogen-bond donors (Lipinski definition) is 1. The molecule has 2 N–H and O–H groups in total. The van der Waals surface area contributed by atoms with Crippen LogP contribution in [0.1, 0.15) is 56.8 Å². The Morgan fingerprint density at radius 2 is 2.00 bits per heavy atom. The number of nitrogens with zero attached hydrogens (tertiary/aromatic N) is 6. The van der Waals surface area contributed by atoms with Crippen molar-refractivity contribution in [1.82, 2.24) is 30.3 Å². The summed E-state index contributed by atoms with van der Waals surface area (Å²) in [5.41, 5.74) is 6.78. The highest BCUT2D eigenvalue weighted by Gasteiger charge is 2.37. The summed E-state index contributed by atoms with van der Waals surface area (Å²) >= 11 is 5.93. The molecular formula is C17H20ClN7O. The van der Waals surface area contributed by atoms with E-state index >= 15 is 0 Å². The summed E-state index contributed by atoms with van der Waals surface area (Å²) in [5, 5.41) is 17.6. The molecule has 1 saturated carbocycles. The Bertz CT molecular complexity index is 883. The lowest BCUT2D eigenvalue weighted by Gasteiger charge is -2.17. The monoisotopic (exact) mass is 373 g/mol. The van der Waals surface area contributed by atoms with Gasteiger partial charge in [-0.2, -0.15) is 9.78 Å². The fraction of sp³-hybridized carbons (Fsp3) is 0.471. The van der Waals surface area contributed by atoms with Crippen molar-refractivity contribution in [2.24, 2.45) is 5.73 Å².